The number of hydrogen-bond donors (Lipinski definition) is 0. The van der Waals surface area contributed by atoms with E-state index in [1.807, 2.05) is 20.8 Å². The predicted molar refractivity (Wildman–Crippen MR) is 95.9 cm³/mol. The van der Waals surface area contributed by atoms with E-state index in [0.717, 1.165) is 0 Å². The lowest BCUT2D eigenvalue weighted by molar-refractivity contribution is 0.116. The minimum atomic E-state index is -3.72. The molecular formula is C17H27N3O4S. The maximum absolute atomic E-state index is 13.2. The molecule has 1 aliphatic heterocycles. The third kappa shape index (κ3) is 3.59. The molecule has 25 heavy (non-hydrogen) atoms. The van der Waals surface area contributed by atoms with Gasteiger partial charge in [0.1, 0.15) is 11.9 Å². The van der Waals surface area contributed by atoms with Crippen molar-refractivity contribution in [2.75, 3.05) is 27.7 Å². The molecule has 1 saturated heterocycles. The van der Waals surface area contributed by atoms with Crippen molar-refractivity contribution < 1.29 is 17.9 Å². The third-order valence-corrected chi connectivity index (χ3v) is 6.22. The second-order valence-electron chi connectivity index (χ2n) is 6.84. The van der Waals surface area contributed by atoms with Crippen molar-refractivity contribution in [1.82, 2.24) is 14.1 Å². The van der Waals surface area contributed by atoms with Crippen molar-refractivity contribution in [1.29, 1.82) is 0 Å². The zero-order chi connectivity index (χ0) is 18.9. The fourth-order valence-corrected chi connectivity index (χ4v) is 4.96. The molecule has 0 aromatic heterocycles. The van der Waals surface area contributed by atoms with Crippen LogP contribution in [0.15, 0.2) is 29.2 Å². The number of amides is 2. The molecule has 2 amide bonds. The Morgan fingerprint density at radius 3 is 2.24 bits per heavy atom. The van der Waals surface area contributed by atoms with E-state index < -0.39 is 16.2 Å². The summed E-state index contributed by atoms with van der Waals surface area (Å²) in [4.78, 5) is 15.9. The average Bonchev–Trinajstić information content (AvgIpc) is 2.92. The predicted octanol–water partition coefficient (Wildman–Crippen LogP) is 2.05. The Morgan fingerprint density at radius 2 is 1.80 bits per heavy atom. The normalized spacial score (nSPS) is 21.6. The van der Waals surface area contributed by atoms with Crippen molar-refractivity contribution >= 4 is 16.1 Å². The SMILES string of the molecule is COc1ccc(S(=O)(=O)N2C[C@@H](C)N(C(=O)N(C)C)[C@H]2C(C)C)cc1. The Bertz CT molecular complexity index is 716. The molecule has 1 heterocycles. The summed E-state index contributed by atoms with van der Waals surface area (Å²) < 4.78 is 32.9. The first-order chi connectivity index (χ1) is 11.6. The van der Waals surface area contributed by atoms with Crippen LogP contribution in [0.1, 0.15) is 20.8 Å². The van der Waals surface area contributed by atoms with Gasteiger partial charge < -0.3 is 14.5 Å². The molecular weight excluding hydrogens is 342 g/mol. The summed E-state index contributed by atoms with van der Waals surface area (Å²) >= 11 is 0. The van der Waals surface area contributed by atoms with Crippen molar-refractivity contribution in [3.05, 3.63) is 24.3 Å². The summed E-state index contributed by atoms with van der Waals surface area (Å²) in [5.41, 5.74) is 0. The number of methoxy groups -OCH3 is 1. The van der Waals surface area contributed by atoms with Crippen LogP contribution in [0.4, 0.5) is 4.79 Å². The largest absolute Gasteiger partial charge is 0.497 e. The third-order valence-electron chi connectivity index (χ3n) is 4.36. The Hall–Kier alpha value is -1.80. The number of hydrogen-bond acceptors (Lipinski definition) is 4. The van der Waals surface area contributed by atoms with Crippen LogP contribution in [0.2, 0.25) is 0 Å². The first-order valence-corrected chi connectivity index (χ1v) is 9.70. The minimum Gasteiger partial charge on any atom is -0.497 e. The number of urea groups is 1. The van der Waals surface area contributed by atoms with Gasteiger partial charge in [-0.15, -0.1) is 0 Å². The second-order valence-corrected chi connectivity index (χ2v) is 8.73. The van der Waals surface area contributed by atoms with Crippen molar-refractivity contribution in [3.8, 4) is 5.75 Å². The Kier molecular flexibility index (Phi) is 5.63. The summed E-state index contributed by atoms with van der Waals surface area (Å²) in [6.45, 7) is 6.00. The molecule has 0 aliphatic carbocycles. The van der Waals surface area contributed by atoms with Gasteiger partial charge in [-0.05, 0) is 37.1 Å². The molecule has 2 rings (SSSR count). The molecule has 0 radical (unpaired) electrons. The van der Waals surface area contributed by atoms with Gasteiger partial charge in [0, 0.05) is 26.7 Å². The van der Waals surface area contributed by atoms with Gasteiger partial charge in [-0.2, -0.15) is 4.31 Å². The smallest absolute Gasteiger partial charge is 0.321 e. The van der Waals surface area contributed by atoms with Gasteiger partial charge in [-0.3, -0.25) is 0 Å². The summed E-state index contributed by atoms with van der Waals surface area (Å²) in [6.07, 6.45) is -0.517. The van der Waals surface area contributed by atoms with Gasteiger partial charge in [0.25, 0.3) is 0 Å². The van der Waals surface area contributed by atoms with Crippen LogP contribution in [0.3, 0.4) is 0 Å². The Balaban J connectivity index is 2.43. The maximum Gasteiger partial charge on any atom is 0.321 e. The highest BCUT2D eigenvalue weighted by atomic mass is 32.2. The first kappa shape index (κ1) is 19.5. The fourth-order valence-electron chi connectivity index (χ4n) is 3.17. The summed E-state index contributed by atoms with van der Waals surface area (Å²) in [7, 11) is 1.16. The number of carbonyl (C=O) groups excluding carboxylic acids is 1. The number of benzene rings is 1. The van der Waals surface area contributed by atoms with Crippen LogP contribution in [-0.4, -0.2) is 68.5 Å². The summed E-state index contributed by atoms with van der Waals surface area (Å²) in [6, 6.07) is 5.94. The highest BCUT2D eigenvalue weighted by Crippen LogP contribution is 2.32. The van der Waals surface area contributed by atoms with Gasteiger partial charge in [0.15, 0.2) is 0 Å². The van der Waals surface area contributed by atoms with Gasteiger partial charge in [0.2, 0.25) is 10.0 Å². The molecule has 1 aliphatic rings. The first-order valence-electron chi connectivity index (χ1n) is 8.26. The van der Waals surface area contributed by atoms with Crippen LogP contribution in [0.25, 0.3) is 0 Å². The highest BCUT2D eigenvalue weighted by Gasteiger charge is 2.47. The molecule has 7 nitrogen and oxygen atoms in total. The summed E-state index contributed by atoms with van der Waals surface area (Å²) in [5, 5.41) is 0. The van der Waals surface area contributed by atoms with Gasteiger partial charge >= 0.3 is 6.03 Å². The van der Waals surface area contributed by atoms with Crippen molar-refractivity contribution in [2.45, 2.75) is 37.9 Å². The number of carbonyl (C=O) groups is 1. The molecule has 1 fully saturated rings. The van der Waals surface area contributed by atoms with E-state index in [2.05, 4.69) is 0 Å². The lowest BCUT2D eigenvalue weighted by atomic mass is 10.1. The van der Waals surface area contributed by atoms with Crippen LogP contribution in [-0.2, 0) is 10.0 Å². The Morgan fingerprint density at radius 1 is 1.24 bits per heavy atom. The van der Waals surface area contributed by atoms with Crippen LogP contribution < -0.4 is 4.74 Å². The molecule has 1 aromatic carbocycles. The lowest BCUT2D eigenvalue weighted by Crippen LogP contribution is -2.51. The summed E-state index contributed by atoms with van der Waals surface area (Å²) in [5.74, 6) is 0.556. The Labute approximate surface area is 150 Å². The monoisotopic (exact) mass is 369 g/mol. The molecule has 0 bridgehead atoms. The van der Waals surface area contributed by atoms with Crippen LogP contribution in [0, 0.1) is 5.92 Å². The average molecular weight is 369 g/mol. The molecule has 0 unspecified atom stereocenters. The maximum atomic E-state index is 13.2. The highest BCUT2D eigenvalue weighted by molar-refractivity contribution is 7.89. The second kappa shape index (κ2) is 7.21. The quantitative estimate of drug-likeness (QED) is 0.814. The number of ether oxygens (including phenoxy) is 1. The van der Waals surface area contributed by atoms with Crippen molar-refractivity contribution in [3.63, 3.8) is 0 Å². The van der Waals surface area contributed by atoms with E-state index in [-0.39, 0.29) is 29.4 Å². The van der Waals surface area contributed by atoms with E-state index in [9.17, 15) is 13.2 Å². The molecule has 0 spiro atoms. The van der Waals surface area contributed by atoms with Gasteiger partial charge in [-0.1, -0.05) is 13.8 Å². The molecule has 1 aromatic rings. The zero-order valence-electron chi connectivity index (χ0n) is 15.6. The lowest BCUT2D eigenvalue weighted by Gasteiger charge is -2.35. The standard InChI is InChI=1S/C17H27N3O4S/c1-12(2)16-19(11-13(3)20(16)17(21)18(4)5)25(22,23)15-9-7-14(24-6)8-10-15/h7-10,12-13,16H,11H2,1-6H3/t13-,16+/m1/s1. The minimum absolute atomic E-state index is 0.0399. The number of sulfonamides is 1. The van der Waals surface area contributed by atoms with Crippen molar-refractivity contribution in [2.24, 2.45) is 5.92 Å². The molecule has 0 N–H and O–H groups in total. The molecule has 8 heteroatoms. The van der Waals surface area contributed by atoms with Crippen LogP contribution in [0.5, 0.6) is 5.75 Å². The van der Waals surface area contributed by atoms with Gasteiger partial charge in [0.05, 0.1) is 12.0 Å². The van der Waals surface area contributed by atoms with Gasteiger partial charge in [-0.25, -0.2) is 13.2 Å². The van der Waals surface area contributed by atoms with E-state index >= 15 is 0 Å². The molecule has 140 valence electrons. The van der Waals surface area contributed by atoms with E-state index in [0.29, 0.717) is 5.75 Å². The molecule has 0 saturated carbocycles. The molecule has 2 atom stereocenters. The fraction of sp³-hybridized carbons (Fsp3) is 0.588. The van der Waals surface area contributed by atoms with E-state index in [1.165, 1.54) is 28.4 Å². The number of rotatable bonds is 4. The van der Waals surface area contributed by atoms with E-state index in [4.69, 9.17) is 4.74 Å². The zero-order valence-corrected chi connectivity index (χ0v) is 16.4. The number of nitrogens with zero attached hydrogens (tertiary/aromatic N) is 3. The topological polar surface area (TPSA) is 70.2 Å². The van der Waals surface area contributed by atoms with E-state index in [1.54, 1.807) is 31.1 Å². The van der Waals surface area contributed by atoms with Crippen LogP contribution >= 0.6 is 0 Å².